The van der Waals surface area contributed by atoms with Gasteiger partial charge in [0.25, 0.3) is 0 Å². The Morgan fingerprint density at radius 1 is 1.10 bits per heavy atom. The molecule has 1 N–H and O–H groups in total. The molecule has 5 heterocycles. The van der Waals surface area contributed by atoms with E-state index in [2.05, 4.69) is 27.2 Å². The summed E-state index contributed by atoms with van der Waals surface area (Å²) in [5.41, 5.74) is 4.47. The lowest BCUT2D eigenvalue weighted by molar-refractivity contribution is 0.182. The van der Waals surface area contributed by atoms with Crippen molar-refractivity contribution in [3.05, 3.63) is 52.1 Å². The van der Waals surface area contributed by atoms with Crippen molar-refractivity contribution in [3.63, 3.8) is 0 Å². The fourth-order valence-electron chi connectivity index (χ4n) is 8.29. The molecule has 8 rings (SSSR count). The average Bonchev–Trinajstić information content (AvgIpc) is 3.23. The molecule has 1 aromatic heterocycles. The number of anilines is 1. The van der Waals surface area contributed by atoms with Crippen LogP contribution >= 0.6 is 11.6 Å². The maximum Gasteiger partial charge on any atom is 0.157 e. The molecule has 4 saturated heterocycles. The molecule has 3 aromatic rings. The first-order valence-electron chi connectivity index (χ1n) is 15.0. The van der Waals surface area contributed by atoms with E-state index in [9.17, 15) is 0 Å². The van der Waals surface area contributed by atoms with Crippen molar-refractivity contribution in [2.45, 2.75) is 88.3 Å². The first kappa shape index (κ1) is 24.5. The van der Waals surface area contributed by atoms with Crippen LogP contribution in [0.5, 0.6) is 0 Å². The second-order valence-electron chi connectivity index (χ2n) is 12.8. The molecule has 4 aliphatic heterocycles. The van der Waals surface area contributed by atoms with Gasteiger partial charge in [-0.3, -0.25) is 4.90 Å². The largest absolute Gasteiger partial charge is 0.350 e. The summed E-state index contributed by atoms with van der Waals surface area (Å²) in [5.74, 6) is 1.91. The third-order valence-electron chi connectivity index (χ3n) is 10.3. The highest BCUT2D eigenvalue weighted by molar-refractivity contribution is 6.32. The van der Waals surface area contributed by atoms with E-state index in [4.69, 9.17) is 21.6 Å². The van der Waals surface area contributed by atoms with Crippen molar-refractivity contribution in [1.82, 2.24) is 20.2 Å². The normalized spacial score (nSPS) is 25.8. The Bertz CT molecular complexity index is 1460. The van der Waals surface area contributed by atoms with Crippen LogP contribution < -0.4 is 10.2 Å². The van der Waals surface area contributed by atoms with E-state index < -0.39 is 0 Å². The number of rotatable bonds is 6. The molecular weight excluding hydrogens is 509 g/mol. The second kappa shape index (κ2) is 9.12. The summed E-state index contributed by atoms with van der Waals surface area (Å²) in [4.78, 5) is 15.3. The number of aryl methyl sites for hydroxylation is 2. The second-order valence-corrected chi connectivity index (χ2v) is 13.2. The molecule has 0 amide bonds. The van der Waals surface area contributed by atoms with Crippen LogP contribution in [-0.2, 0) is 6.42 Å². The number of hydrogen-bond donors (Lipinski definition) is 1. The van der Waals surface area contributed by atoms with Crippen molar-refractivity contribution in [2.75, 3.05) is 31.1 Å². The zero-order chi connectivity index (χ0) is 26.3. The topological polar surface area (TPSA) is 44.3 Å². The number of benzene rings is 2. The first-order valence-corrected chi connectivity index (χ1v) is 15.4. The Kier molecular flexibility index (Phi) is 5.73. The number of aromatic nitrogens is 2. The van der Waals surface area contributed by atoms with Gasteiger partial charge in [-0.1, -0.05) is 23.7 Å². The maximum absolute atomic E-state index is 16.7. The molecule has 7 heteroatoms. The van der Waals surface area contributed by atoms with Crippen molar-refractivity contribution in [3.8, 4) is 11.1 Å². The van der Waals surface area contributed by atoms with Crippen LogP contribution in [0.25, 0.3) is 22.0 Å². The van der Waals surface area contributed by atoms with Gasteiger partial charge in [0.15, 0.2) is 5.82 Å². The summed E-state index contributed by atoms with van der Waals surface area (Å²) in [7, 11) is 0. The average molecular weight is 546 g/mol. The van der Waals surface area contributed by atoms with Crippen LogP contribution in [0.15, 0.2) is 24.3 Å². The molecule has 1 aliphatic carbocycles. The van der Waals surface area contributed by atoms with Gasteiger partial charge in [-0.2, -0.15) is 0 Å². The lowest BCUT2D eigenvalue weighted by Gasteiger charge is -2.32. The van der Waals surface area contributed by atoms with Crippen LogP contribution in [0.2, 0.25) is 5.02 Å². The minimum atomic E-state index is -0.232. The van der Waals surface area contributed by atoms with E-state index in [1.54, 1.807) is 0 Å². The summed E-state index contributed by atoms with van der Waals surface area (Å²) < 4.78 is 16.7. The molecule has 0 spiro atoms. The molecule has 0 radical (unpaired) electrons. The van der Waals surface area contributed by atoms with Crippen LogP contribution in [-0.4, -0.2) is 58.7 Å². The van der Waals surface area contributed by atoms with E-state index in [-0.39, 0.29) is 5.82 Å². The highest BCUT2D eigenvalue weighted by Crippen LogP contribution is 2.49. The zero-order valence-electron chi connectivity index (χ0n) is 22.8. The molecule has 204 valence electrons. The zero-order valence-corrected chi connectivity index (χ0v) is 23.5. The summed E-state index contributed by atoms with van der Waals surface area (Å²) in [6.07, 6.45) is 10.3. The van der Waals surface area contributed by atoms with Gasteiger partial charge < -0.3 is 10.2 Å². The lowest BCUT2D eigenvalue weighted by Crippen LogP contribution is -2.44. The minimum Gasteiger partial charge on any atom is -0.350 e. The first-order chi connectivity index (χ1) is 19.0. The summed E-state index contributed by atoms with van der Waals surface area (Å²) >= 11 is 6.75. The summed E-state index contributed by atoms with van der Waals surface area (Å²) in [6, 6.07) is 9.04. The van der Waals surface area contributed by atoms with Gasteiger partial charge in [0, 0.05) is 53.1 Å². The summed E-state index contributed by atoms with van der Waals surface area (Å²) in [6.45, 7) is 6.37. The van der Waals surface area contributed by atoms with Gasteiger partial charge in [-0.15, -0.1) is 0 Å². The smallest absolute Gasteiger partial charge is 0.157 e. The Labute approximate surface area is 235 Å². The highest BCUT2D eigenvalue weighted by Gasteiger charge is 2.44. The maximum atomic E-state index is 16.7. The quantitative estimate of drug-likeness (QED) is 0.389. The van der Waals surface area contributed by atoms with Crippen molar-refractivity contribution >= 4 is 28.3 Å². The van der Waals surface area contributed by atoms with Gasteiger partial charge in [-0.05, 0) is 106 Å². The molecule has 1 saturated carbocycles. The molecule has 2 atom stereocenters. The van der Waals surface area contributed by atoms with Crippen molar-refractivity contribution < 1.29 is 4.39 Å². The Balaban J connectivity index is 1.25. The van der Waals surface area contributed by atoms with Gasteiger partial charge in [-0.25, -0.2) is 14.4 Å². The van der Waals surface area contributed by atoms with Crippen LogP contribution in [0.4, 0.5) is 10.2 Å². The van der Waals surface area contributed by atoms with E-state index >= 15 is 4.39 Å². The van der Waals surface area contributed by atoms with Crippen LogP contribution in [0, 0.1) is 12.7 Å². The number of piperazine rings is 1. The Morgan fingerprint density at radius 3 is 2.64 bits per heavy atom. The Morgan fingerprint density at radius 2 is 1.92 bits per heavy atom. The third kappa shape index (κ3) is 4.00. The molecule has 2 aromatic carbocycles. The van der Waals surface area contributed by atoms with E-state index in [1.165, 1.54) is 38.8 Å². The Hall–Kier alpha value is -2.28. The molecule has 5 nitrogen and oxygen atoms in total. The fourth-order valence-corrected chi connectivity index (χ4v) is 8.72. The third-order valence-corrected chi connectivity index (χ3v) is 10.6. The fraction of sp³-hybridized carbons (Fsp3) is 0.562. The number of hydrogen-bond acceptors (Lipinski definition) is 5. The predicted octanol–water partition coefficient (Wildman–Crippen LogP) is 6.39. The molecular formula is C32H37ClFN5. The molecule has 39 heavy (non-hydrogen) atoms. The number of fused-ring (bicyclic) bond motifs is 4. The SMILES string of the molecule is Cc1cc(Cl)c(C2CC2)c(-c2ccc3c(N4CC5CC4CN5)nc(CCC45CCCN4CCC5)nc3c2F)c1. The number of nitrogens with zero attached hydrogens (tertiary/aromatic N) is 4. The standard InChI is InChI=1S/C32H37ClFN5/c1-19-14-25(28(20-4-5-20)26(33)15-19)23-6-7-24-30(29(23)34)36-27(8-11-32-9-2-12-38(32)13-3-10-32)37-31(24)39-18-21-16-22(39)17-35-21/h6-7,14-15,20-22,35H,2-5,8-13,16-18H2,1H3. The van der Waals surface area contributed by atoms with E-state index in [1.807, 2.05) is 19.1 Å². The van der Waals surface area contributed by atoms with Crippen molar-refractivity contribution in [1.29, 1.82) is 0 Å². The van der Waals surface area contributed by atoms with Crippen LogP contribution in [0.1, 0.15) is 74.2 Å². The summed E-state index contributed by atoms with van der Waals surface area (Å²) in [5, 5.41) is 5.20. The molecule has 5 fully saturated rings. The van der Waals surface area contributed by atoms with E-state index in [0.29, 0.717) is 34.6 Å². The van der Waals surface area contributed by atoms with Crippen molar-refractivity contribution in [2.24, 2.45) is 0 Å². The van der Waals surface area contributed by atoms with E-state index in [0.717, 1.165) is 83.9 Å². The number of nitrogens with one attached hydrogen (secondary N) is 1. The lowest BCUT2D eigenvalue weighted by atomic mass is 9.88. The van der Waals surface area contributed by atoms with Gasteiger partial charge >= 0.3 is 0 Å². The number of halogens is 2. The van der Waals surface area contributed by atoms with Crippen LogP contribution in [0.3, 0.4) is 0 Å². The minimum absolute atomic E-state index is 0.232. The molecule has 5 aliphatic rings. The molecule has 2 bridgehead atoms. The van der Waals surface area contributed by atoms with Gasteiger partial charge in [0.1, 0.15) is 17.2 Å². The monoisotopic (exact) mass is 545 g/mol. The van der Waals surface area contributed by atoms with Gasteiger partial charge in [0.05, 0.1) is 0 Å². The highest BCUT2D eigenvalue weighted by atomic mass is 35.5. The predicted molar refractivity (Wildman–Crippen MR) is 155 cm³/mol. The molecule has 2 unspecified atom stereocenters. The van der Waals surface area contributed by atoms with Gasteiger partial charge in [0.2, 0.25) is 0 Å².